The molecule has 0 amide bonds. The number of para-hydroxylation sites is 1. The lowest BCUT2D eigenvalue weighted by atomic mass is 10.1. The summed E-state index contributed by atoms with van der Waals surface area (Å²) in [5.74, 6) is -0.0504. The first-order valence-corrected chi connectivity index (χ1v) is 8.89. The summed E-state index contributed by atoms with van der Waals surface area (Å²) >= 11 is 0. The minimum atomic E-state index is -0.458. The lowest BCUT2D eigenvalue weighted by molar-refractivity contribution is 0.0600. The number of phenols is 1. The summed E-state index contributed by atoms with van der Waals surface area (Å²) in [6, 6.07) is 13.2. The van der Waals surface area contributed by atoms with Gasteiger partial charge in [-0.05, 0) is 30.3 Å². The molecule has 2 aromatic carbocycles. The van der Waals surface area contributed by atoms with E-state index in [0.29, 0.717) is 16.7 Å². The average molecular weight is 401 g/mol. The van der Waals surface area contributed by atoms with E-state index in [-0.39, 0.29) is 34.6 Å². The Kier molecular flexibility index (Phi) is 6.03. The highest BCUT2D eigenvalue weighted by molar-refractivity contribution is 5.89. The molecule has 3 rings (SSSR count). The number of rotatable bonds is 6. The third-order valence-corrected chi connectivity index (χ3v) is 4.18. The summed E-state index contributed by atoms with van der Waals surface area (Å²) in [6.45, 7) is 7.19. The summed E-state index contributed by atoms with van der Waals surface area (Å²) < 4.78 is 4.71. The van der Waals surface area contributed by atoms with E-state index in [4.69, 9.17) is 4.74 Å². The second-order valence-electron chi connectivity index (χ2n) is 6.16. The molecule has 0 fully saturated rings. The minimum Gasteiger partial charge on any atom is -0.508 e. The van der Waals surface area contributed by atoms with Crippen molar-refractivity contribution < 1.29 is 19.7 Å². The summed E-state index contributed by atoms with van der Waals surface area (Å²) in [7, 11) is 1.31. The fourth-order valence-electron chi connectivity index (χ4n) is 2.70. The largest absolute Gasteiger partial charge is 0.508 e. The van der Waals surface area contributed by atoms with E-state index < -0.39 is 5.97 Å². The van der Waals surface area contributed by atoms with E-state index in [0.717, 1.165) is 0 Å². The van der Waals surface area contributed by atoms with E-state index in [1.165, 1.54) is 25.3 Å². The normalized spacial score (nSPS) is 11.0. The van der Waals surface area contributed by atoms with Gasteiger partial charge in [0.05, 0.1) is 23.8 Å². The Balaban J connectivity index is 2.21. The zero-order chi connectivity index (χ0) is 21.7. The van der Waals surface area contributed by atoms with Crippen molar-refractivity contribution in [3.05, 3.63) is 91.0 Å². The number of phenolic OH excluding ortho intramolecular Hbond substituents is 1. The van der Waals surface area contributed by atoms with Gasteiger partial charge in [0.1, 0.15) is 11.5 Å². The van der Waals surface area contributed by atoms with Crippen LogP contribution in [0.25, 0.3) is 28.3 Å². The minimum absolute atomic E-state index is 0.00119. The molecule has 2 N–H and O–H groups in total. The molecule has 1 heterocycles. The number of methoxy groups -OCH3 is 1. The number of esters is 1. The highest BCUT2D eigenvalue weighted by atomic mass is 16.5. The van der Waals surface area contributed by atoms with Crippen LogP contribution in [-0.4, -0.2) is 38.2 Å². The van der Waals surface area contributed by atoms with Gasteiger partial charge in [-0.3, -0.25) is 0 Å². The average Bonchev–Trinajstić information content (AvgIpc) is 2.76. The number of carbonyl (C=O) groups is 1. The van der Waals surface area contributed by atoms with Crippen LogP contribution in [0.15, 0.2) is 79.6 Å². The molecule has 150 valence electrons. The van der Waals surface area contributed by atoms with Crippen LogP contribution in [0.4, 0.5) is 0 Å². The van der Waals surface area contributed by atoms with Crippen molar-refractivity contribution in [2.45, 2.75) is 0 Å². The quantitative estimate of drug-likeness (QED) is 0.360. The summed E-state index contributed by atoms with van der Waals surface area (Å²) in [5, 5.41) is 20.2. The Hall–Kier alpha value is -4.26. The Labute approximate surface area is 173 Å². The molecule has 0 saturated carbocycles. The van der Waals surface area contributed by atoms with Gasteiger partial charge in [0.25, 0.3) is 0 Å². The molecule has 0 aliphatic rings. The molecule has 30 heavy (non-hydrogen) atoms. The first-order valence-electron chi connectivity index (χ1n) is 8.89. The number of carbonyl (C=O) groups excluding carboxylic acids is 1. The van der Waals surface area contributed by atoms with Gasteiger partial charge >= 0.3 is 5.97 Å². The van der Waals surface area contributed by atoms with Crippen LogP contribution in [0.5, 0.6) is 5.75 Å². The van der Waals surface area contributed by atoms with Gasteiger partial charge in [-0.2, -0.15) is 0 Å². The van der Waals surface area contributed by atoms with Crippen molar-refractivity contribution in [1.82, 2.24) is 15.0 Å². The molecule has 1 aromatic heterocycles. The van der Waals surface area contributed by atoms with Crippen molar-refractivity contribution in [2.24, 2.45) is 0 Å². The van der Waals surface area contributed by atoms with E-state index in [1.54, 1.807) is 42.5 Å². The molecular formula is C23H19N3O4. The maximum Gasteiger partial charge on any atom is 0.337 e. The van der Waals surface area contributed by atoms with Gasteiger partial charge in [-0.1, -0.05) is 43.5 Å². The maximum atomic E-state index is 11.7. The smallest absolute Gasteiger partial charge is 0.337 e. The standard InChI is InChI=1S/C23H19N3O4/c1-4-7-17(14(2)27)21-24-20(15-10-12-16(13-11-15)23(29)30-3)25-22(26-21)18-8-5-6-9-19(18)28/h4-13,27-28H,1-2H2,3H3/b17-7+. The van der Waals surface area contributed by atoms with Gasteiger partial charge in [-0.25, -0.2) is 19.7 Å². The Morgan fingerprint density at radius 1 is 1.03 bits per heavy atom. The topological polar surface area (TPSA) is 105 Å². The predicted molar refractivity (Wildman–Crippen MR) is 114 cm³/mol. The second-order valence-corrected chi connectivity index (χ2v) is 6.16. The maximum absolute atomic E-state index is 11.7. The zero-order valence-corrected chi connectivity index (χ0v) is 16.2. The van der Waals surface area contributed by atoms with Crippen LogP contribution in [0.2, 0.25) is 0 Å². The Morgan fingerprint density at radius 3 is 2.30 bits per heavy atom. The van der Waals surface area contributed by atoms with Crippen LogP contribution >= 0.6 is 0 Å². The number of ether oxygens (including phenoxy) is 1. The number of aromatic nitrogens is 3. The second kappa shape index (κ2) is 8.83. The molecule has 0 saturated heterocycles. The number of allylic oxidation sites excluding steroid dienone is 3. The van der Waals surface area contributed by atoms with Gasteiger partial charge in [0.15, 0.2) is 17.5 Å². The molecule has 0 aliphatic heterocycles. The van der Waals surface area contributed by atoms with Crippen LogP contribution in [-0.2, 0) is 4.74 Å². The fraction of sp³-hybridized carbons (Fsp3) is 0.0435. The highest BCUT2D eigenvalue weighted by Crippen LogP contribution is 2.29. The van der Waals surface area contributed by atoms with E-state index in [9.17, 15) is 15.0 Å². The zero-order valence-electron chi connectivity index (χ0n) is 16.2. The lowest BCUT2D eigenvalue weighted by Crippen LogP contribution is -2.04. The number of aromatic hydroxyl groups is 1. The number of aliphatic hydroxyl groups is 1. The third-order valence-electron chi connectivity index (χ3n) is 4.18. The highest BCUT2D eigenvalue weighted by Gasteiger charge is 2.17. The van der Waals surface area contributed by atoms with Crippen LogP contribution in [0.3, 0.4) is 0 Å². The molecule has 0 bridgehead atoms. The molecule has 7 heteroatoms. The van der Waals surface area contributed by atoms with Crippen molar-refractivity contribution >= 4 is 11.5 Å². The Morgan fingerprint density at radius 2 is 1.70 bits per heavy atom. The number of benzene rings is 2. The first-order chi connectivity index (χ1) is 14.4. The molecule has 0 unspecified atom stereocenters. The number of hydrogen-bond acceptors (Lipinski definition) is 7. The molecule has 0 spiro atoms. The van der Waals surface area contributed by atoms with Crippen LogP contribution < -0.4 is 0 Å². The molecular weight excluding hydrogens is 382 g/mol. The van der Waals surface area contributed by atoms with E-state index >= 15 is 0 Å². The number of nitrogens with zero attached hydrogens (tertiary/aromatic N) is 3. The van der Waals surface area contributed by atoms with Gasteiger partial charge < -0.3 is 14.9 Å². The summed E-state index contributed by atoms with van der Waals surface area (Å²) in [6.07, 6.45) is 3.00. The van der Waals surface area contributed by atoms with Crippen LogP contribution in [0.1, 0.15) is 16.2 Å². The third kappa shape index (κ3) is 4.25. The van der Waals surface area contributed by atoms with Gasteiger partial charge in [-0.15, -0.1) is 0 Å². The molecule has 7 nitrogen and oxygen atoms in total. The monoisotopic (exact) mass is 401 g/mol. The predicted octanol–water partition coefficient (Wildman–Crippen LogP) is 4.34. The number of aliphatic hydroxyl groups excluding tert-OH is 1. The van der Waals surface area contributed by atoms with Crippen molar-refractivity contribution in [2.75, 3.05) is 7.11 Å². The molecule has 0 radical (unpaired) electrons. The SMILES string of the molecule is C=C/C=C(\C(=C)O)c1nc(-c2ccc(C(=O)OC)cc2)nc(-c2ccccc2O)n1. The van der Waals surface area contributed by atoms with Crippen molar-refractivity contribution in [3.63, 3.8) is 0 Å². The fourth-order valence-corrected chi connectivity index (χ4v) is 2.70. The molecule has 0 aliphatic carbocycles. The summed E-state index contributed by atoms with van der Waals surface area (Å²) in [5.41, 5.74) is 1.64. The summed E-state index contributed by atoms with van der Waals surface area (Å²) in [4.78, 5) is 25.0. The molecule has 3 aromatic rings. The van der Waals surface area contributed by atoms with Gasteiger partial charge in [0.2, 0.25) is 0 Å². The number of hydrogen-bond donors (Lipinski definition) is 2. The Bertz CT molecular complexity index is 1150. The first kappa shape index (κ1) is 20.5. The van der Waals surface area contributed by atoms with Crippen molar-refractivity contribution in [3.8, 4) is 28.5 Å². The van der Waals surface area contributed by atoms with Crippen molar-refractivity contribution in [1.29, 1.82) is 0 Å². The van der Waals surface area contributed by atoms with E-state index in [1.807, 2.05) is 0 Å². The molecule has 0 atom stereocenters. The van der Waals surface area contributed by atoms with Gasteiger partial charge in [0, 0.05) is 5.56 Å². The van der Waals surface area contributed by atoms with Crippen LogP contribution in [0, 0.1) is 0 Å². The lowest BCUT2D eigenvalue weighted by Gasteiger charge is -2.10. The van der Waals surface area contributed by atoms with E-state index in [2.05, 4.69) is 28.1 Å².